The first-order chi connectivity index (χ1) is 11.0. The van der Waals surface area contributed by atoms with Crippen molar-refractivity contribution in [1.29, 1.82) is 0 Å². The van der Waals surface area contributed by atoms with Crippen molar-refractivity contribution in [2.45, 2.75) is 45.4 Å². The number of hydrogen-bond donors (Lipinski definition) is 0. The summed E-state index contributed by atoms with van der Waals surface area (Å²) in [4.78, 5) is 0. The second-order valence-corrected chi connectivity index (χ2v) is 6.02. The van der Waals surface area contributed by atoms with Gasteiger partial charge < -0.3 is 0 Å². The van der Waals surface area contributed by atoms with E-state index in [9.17, 15) is 17.6 Å². The topological polar surface area (TPSA) is 0 Å². The van der Waals surface area contributed by atoms with Crippen LogP contribution in [-0.4, -0.2) is 0 Å². The Bertz CT molecular complexity index is 602. The average molecular weight is 324 g/mol. The van der Waals surface area contributed by atoms with Crippen molar-refractivity contribution in [2.24, 2.45) is 11.8 Å². The number of rotatable bonds is 3. The molecule has 0 nitrogen and oxygen atoms in total. The van der Waals surface area contributed by atoms with Gasteiger partial charge in [0.1, 0.15) is 11.6 Å². The van der Waals surface area contributed by atoms with Gasteiger partial charge in [-0.25, -0.2) is 8.78 Å². The van der Waals surface area contributed by atoms with Gasteiger partial charge in [0.25, 0.3) is 6.08 Å². The van der Waals surface area contributed by atoms with Crippen LogP contribution in [0.15, 0.2) is 24.3 Å². The molecule has 0 aromatic heterocycles. The molecule has 1 aliphatic rings. The fourth-order valence-electron chi connectivity index (χ4n) is 2.96. The Morgan fingerprint density at radius 2 is 1.74 bits per heavy atom. The molecule has 0 bridgehead atoms. The number of aryl methyl sites for hydroxylation is 1. The molecule has 1 fully saturated rings. The summed E-state index contributed by atoms with van der Waals surface area (Å²) >= 11 is 0. The Morgan fingerprint density at radius 1 is 1.13 bits per heavy atom. The van der Waals surface area contributed by atoms with E-state index in [4.69, 9.17) is 0 Å². The Morgan fingerprint density at radius 3 is 2.26 bits per heavy atom. The first-order valence-corrected chi connectivity index (χ1v) is 8.01. The van der Waals surface area contributed by atoms with Crippen molar-refractivity contribution in [2.75, 3.05) is 0 Å². The minimum atomic E-state index is -1.64. The molecular weight excluding hydrogens is 304 g/mol. The van der Waals surface area contributed by atoms with Crippen molar-refractivity contribution in [3.63, 3.8) is 0 Å². The lowest BCUT2D eigenvalue weighted by molar-refractivity contribution is 0.343. The molecule has 0 spiro atoms. The summed E-state index contributed by atoms with van der Waals surface area (Å²) in [5, 5.41) is 0. The number of hydrogen-bond acceptors (Lipinski definition) is 0. The van der Waals surface area contributed by atoms with Crippen LogP contribution in [0, 0.1) is 35.3 Å². The molecule has 0 saturated heterocycles. The molecular formula is C19H20F4. The second kappa shape index (κ2) is 8.19. The molecule has 0 unspecified atom stereocenters. The van der Waals surface area contributed by atoms with Crippen LogP contribution in [0.3, 0.4) is 0 Å². The molecule has 2 rings (SSSR count). The predicted molar refractivity (Wildman–Crippen MR) is 83.0 cm³/mol. The van der Waals surface area contributed by atoms with Crippen LogP contribution in [0.5, 0.6) is 0 Å². The Kier molecular flexibility index (Phi) is 6.27. The molecule has 23 heavy (non-hydrogen) atoms. The van der Waals surface area contributed by atoms with Crippen LogP contribution in [0.25, 0.3) is 0 Å². The smallest absolute Gasteiger partial charge is 0.206 e. The van der Waals surface area contributed by atoms with Gasteiger partial charge in [0.15, 0.2) is 0 Å². The van der Waals surface area contributed by atoms with Gasteiger partial charge in [-0.1, -0.05) is 25.2 Å². The Hall–Kier alpha value is -1.76. The molecule has 1 saturated carbocycles. The third kappa shape index (κ3) is 5.13. The lowest BCUT2D eigenvalue weighted by Gasteiger charge is -2.22. The minimum Gasteiger partial charge on any atom is -0.206 e. The van der Waals surface area contributed by atoms with E-state index in [1.807, 2.05) is 6.92 Å². The highest BCUT2D eigenvalue weighted by atomic mass is 19.3. The Balaban J connectivity index is 2.04. The summed E-state index contributed by atoms with van der Waals surface area (Å²) in [6.45, 7) is 1.95. The minimum absolute atomic E-state index is 0.0106. The van der Waals surface area contributed by atoms with E-state index >= 15 is 0 Å². The van der Waals surface area contributed by atoms with Gasteiger partial charge in [-0.05, 0) is 61.8 Å². The van der Waals surface area contributed by atoms with Gasteiger partial charge in [-0.2, -0.15) is 8.78 Å². The van der Waals surface area contributed by atoms with Crippen molar-refractivity contribution in [3.05, 3.63) is 47.1 Å². The monoisotopic (exact) mass is 324 g/mol. The molecule has 0 heterocycles. The van der Waals surface area contributed by atoms with Gasteiger partial charge in [0.05, 0.1) is 5.56 Å². The predicted octanol–water partition coefficient (Wildman–Crippen LogP) is 5.86. The number of halogens is 4. The lowest BCUT2D eigenvalue weighted by atomic mass is 9.82. The number of allylic oxidation sites excluding steroid dienone is 1. The van der Waals surface area contributed by atoms with Crippen LogP contribution in [0.1, 0.15) is 50.2 Å². The molecule has 4 heteroatoms. The van der Waals surface area contributed by atoms with E-state index in [1.165, 1.54) is 12.1 Å². The quantitative estimate of drug-likeness (QED) is 0.483. The van der Waals surface area contributed by atoms with E-state index in [0.717, 1.165) is 12.5 Å². The fourth-order valence-corrected chi connectivity index (χ4v) is 2.96. The molecule has 0 N–H and O–H groups in total. The molecule has 1 aliphatic carbocycles. The van der Waals surface area contributed by atoms with E-state index in [-0.39, 0.29) is 17.4 Å². The standard InChI is InChI=1S/C19H20F4/c1-2-3-15-10-17(20)16(18(21)11-15)9-8-13-4-6-14(7-5-13)12-19(22)23/h10-14H,2-7H2,1H3. The molecule has 124 valence electrons. The van der Waals surface area contributed by atoms with Crippen molar-refractivity contribution < 1.29 is 17.6 Å². The van der Waals surface area contributed by atoms with Crippen LogP contribution in [-0.2, 0) is 6.42 Å². The summed E-state index contributed by atoms with van der Waals surface area (Å²) in [7, 11) is 0. The molecule has 0 amide bonds. The maximum atomic E-state index is 14.0. The molecule has 1 aromatic carbocycles. The third-order valence-electron chi connectivity index (χ3n) is 4.18. The van der Waals surface area contributed by atoms with Crippen molar-refractivity contribution in [1.82, 2.24) is 0 Å². The van der Waals surface area contributed by atoms with Gasteiger partial charge in [0, 0.05) is 5.92 Å². The highest BCUT2D eigenvalue weighted by molar-refractivity contribution is 5.39. The summed E-state index contributed by atoms with van der Waals surface area (Å²) in [6, 6.07) is 2.67. The zero-order valence-corrected chi connectivity index (χ0v) is 13.1. The maximum Gasteiger partial charge on any atom is 0.266 e. The molecule has 0 atom stereocenters. The van der Waals surface area contributed by atoms with E-state index in [1.54, 1.807) is 0 Å². The van der Waals surface area contributed by atoms with Crippen LogP contribution >= 0.6 is 0 Å². The third-order valence-corrected chi connectivity index (χ3v) is 4.18. The summed E-state index contributed by atoms with van der Waals surface area (Å²) < 4.78 is 52.3. The van der Waals surface area contributed by atoms with Crippen molar-refractivity contribution in [3.8, 4) is 11.8 Å². The van der Waals surface area contributed by atoms with Crippen molar-refractivity contribution >= 4 is 0 Å². The maximum absolute atomic E-state index is 14.0. The van der Waals surface area contributed by atoms with Gasteiger partial charge in [-0.15, -0.1) is 0 Å². The molecule has 0 radical (unpaired) electrons. The largest absolute Gasteiger partial charge is 0.266 e. The zero-order valence-electron chi connectivity index (χ0n) is 13.1. The average Bonchev–Trinajstić information content (AvgIpc) is 2.48. The second-order valence-electron chi connectivity index (χ2n) is 6.02. The Labute approximate surface area is 134 Å². The highest BCUT2D eigenvalue weighted by Crippen LogP contribution is 2.30. The number of benzene rings is 1. The zero-order chi connectivity index (χ0) is 16.8. The molecule has 1 aromatic rings. The van der Waals surface area contributed by atoms with E-state index < -0.39 is 17.7 Å². The van der Waals surface area contributed by atoms with E-state index in [0.29, 0.717) is 37.7 Å². The van der Waals surface area contributed by atoms with Crippen LogP contribution < -0.4 is 0 Å². The fraction of sp³-hybridized carbons (Fsp3) is 0.474. The summed E-state index contributed by atoms with van der Waals surface area (Å²) in [5.41, 5.74) is 0.440. The highest BCUT2D eigenvalue weighted by Gasteiger charge is 2.19. The van der Waals surface area contributed by atoms with Gasteiger partial charge in [-0.3, -0.25) is 0 Å². The first kappa shape index (κ1) is 17.6. The normalized spacial score (nSPS) is 20.6. The molecule has 0 aliphatic heterocycles. The van der Waals surface area contributed by atoms with Gasteiger partial charge in [0.2, 0.25) is 0 Å². The summed E-state index contributed by atoms with van der Waals surface area (Å²) in [6.07, 6.45) is 3.43. The van der Waals surface area contributed by atoms with E-state index in [2.05, 4.69) is 11.8 Å². The summed E-state index contributed by atoms with van der Waals surface area (Å²) in [5.74, 6) is 4.16. The SMILES string of the molecule is CCCc1cc(F)c(C#CC2CCC(C=C(F)F)CC2)c(F)c1. The van der Waals surface area contributed by atoms with Crippen LogP contribution in [0.2, 0.25) is 0 Å². The lowest BCUT2D eigenvalue weighted by Crippen LogP contribution is -2.11. The first-order valence-electron chi connectivity index (χ1n) is 8.01. The van der Waals surface area contributed by atoms with Crippen LogP contribution in [0.4, 0.5) is 17.6 Å². The van der Waals surface area contributed by atoms with Gasteiger partial charge >= 0.3 is 0 Å².